The van der Waals surface area contributed by atoms with Gasteiger partial charge in [0.1, 0.15) is 18.2 Å². The van der Waals surface area contributed by atoms with Crippen molar-refractivity contribution in [3.63, 3.8) is 0 Å². The standard InChI is InChI=1S/C24H35N5O2/c1-28(13-19-10-6-3-7-11-19)14-20-15-29(27-26-20)22-17-31-23-21(16-30-24(22)23)25-12-18-8-4-2-5-9-18/h3,6-7,10-11,15,18,21-25H,2,4-5,8-9,12-14,16-17H2,1H3/t21-,22+,23-,24+/m0/s1. The molecule has 31 heavy (non-hydrogen) atoms. The summed E-state index contributed by atoms with van der Waals surface area (Å²) in [6.07, 6.45) is 9.12. The molecule has 0 unspecified atom stereocenters. The van der Waals surface area contributed by atoms with Crippen LogP contribution >= 0.6 is 0 Å². The molecule has 0 bridgehead atoms. The number of nitrogens with one attached hydrogen (secondary N) is 1. The Kier molecular flexibility index (Phi) is 6.64. The Bertz CT molecular complexity index is 822. The highest BCUT2D eigenvalue weighted by Gasteiger charge is 2.48. The summed E-state index contributed by atoms with van der Waals surface area (Å²) in [4.78, 5) is 2.26. The van der Waals surface area contributed by atoms with Gasteiger partial charge >= 0.3 is 0 Å². The zero-order valence-corrected chi connectivity index (χ0v) is 18.5. The van der Waals surface area contributed by atoms with Gasteiger partial charge in [-0.1, -0.05) is 54.8 Å². The molecule has 1 aliphatic carbocycles. The highest BCUT2D eigenvalue weighted by atomic mass is 16.6. The maximum atomic E-state index is 6.18. The summed E-state index contributed by atoms with van der Waals surface area (Å²) >= 11 is 0. The summed E-state index contributed by atoms with van der Waals surface area (Å²) in [6, 6.07) is 10.9. The fraction of sp³-hybridized carbons (Fsp3) is 0.667. The van der Waals surface area contributed by atoms with Crippen molar-refractivity contribution in [1.29, 1.82) is 0 Å². The number of hydrogen-bond acceptors (Lipinski definition) is 6. The smallest absolute Gasteiger partial charge is 0.110 e. The molecule has 168 valence electrons. The highest BCUT2D eigenvalue weighted by Crippen LogP contribution is 2.34. The number of benzene rings is 1. The van der Waals surface area contributed by atoms with Gasteiger partial charge < -0.3 is 14.8 Å². The van der Waals surface area contributed by atoms with Gasteiger partial charge in [-0.25, -0.2) is 4.68 Å². The van der Waals surface area contributed by atoms with Gasteiger partial charge in [0.05, 0.1) is 31.1 Å². The number of fused-ring (bicyclic) bond motifs is 1. The number of hydrogen-bond donors (Lipinski definition) is 1. The molecule has 4 atom stereocenters. The molecule has 2 aliphatic heterocycles. The van der Waals surface area contributed by atoms with E-state index in [1.165, 1.54) is 37.7 Å². The van der Waals surface area contributed by atoms with Crippen LogP contribution in [-0.4, -0.2) is 64.9 Å². The van der Waals surface area contributed by atoms with E-state index in [-0.39, 0.29) is 24.3 Å². The van der Waals surface area contributed by atoms with Crippen LogP contribution in [0.4, 0.5) is 0 Å². The molecule has 3 fully saturated rings. The topological polar surface area (TPSA) is 64.4 Å². The van der Waals surface area contributed by atoms with Crippen molar-refractivity contribution in [3.05, 3.63) is 47.8 Å². The number of nitrogens with zero attached hydrogens (tertiary/aromatic N) is 4. The van der Waals surface area contributed by atoms with Crippen molar-refractivity contribution in [1.82, 2.24) is 25.2 Å². The van der Waals surface area contributed by atoms with E-state index < -0.39 is 0 Å². The van der Waals surface area contributed by atoms with Gasteiger partial charge in [0.2, 0.25) is 0 Å². The van der Waals surface area contributed by atoms with Crippen molar-refractivity contribution in [3.8, 4) is 0 Å². The van der Waals surface area contributed by atoms with Gasteiger partial charge in [-0.05, 0) is 37.9 Å². The van der Waals surface area contributed by atoms with Crippen LogP contribution in [0.15, 0.2) is 36.5 Å². The first kappa shape index (κ1) is 21.1. The highest BCUT2D eigenvalue weighted by molar-refractivity contribution is 5.14. The van der Waals surface area contributed by atoms with Crippen LogP contribution in [0.1, 0.15) is 49.4 Å². The average molecular weight is 426 g/mol. The fourth-order valence-corrected chi connectivity index (χ4v) is 5.37. The average Bonchev–Trinajstić information content (AvgIpc) is 3.51. The van der Waals surface area contributed by atoms with Gasteiger partial charge in [0.15, 0.2) is 0 Å². The maximum absolute atomic E-state index is 6.18. The van der Waals surface area contributed by atoms with Gasteiger partial charge in [-0.15, -0.1) is 5.10 Å². The SMILES string of the molecule is CN(Cc1ccccc1)Cc1cn([C@@H]2CO[C@@H]3[C@@H]2OC[C@@H]3NCC2CCCCC2)nn1. The molecule has 5 rings (SSSR count). The van der Waals surface area contributed by atoms with Crippen molar-refractivity contribution in [2.24, 2.45) is 5.92 Å². The lowest BCUT2D eigenvalue weighted by molar-refractivity contribution is 0.0618. The van der Waals surface area contributed by atoms with Crippen molar-refractivity contribution < 1.29 is 9.47 Å². The quantitative estimate of drug-likeness (QED) is 0.702. The lowest BCUT2D eigenvalue weighted by Crippen LogP contribution is -2.43. The van der Waals surface area contributed by atoms with E-state index in [2.05, 4.69) is 58.0 Å². The van der Waals surface area contributed by atoms with E-state index in [1.54, 1.807) is 0 Å². The molecule has 0 amide bonds. The van der Waals surface area contributed by atoms with Crippen molar-refractivity contribution in [2.45, 2.75) is 69.5 Å². The van der Waals surface area contributed by atoms with E-state index in [0.29, 0.717) is 6.61 Å². The number of rotatable bonds is 8. The normalized spacial score (nSPS) is 29.0. The molecule has 1 saturated carbocycles. The third kappa shape index (κ3) is 5.00. The molecule has 7 heteroatoms. The van der Waals surface area contributed by atoms with Crippen LogP contribution < -0.4 is 5.32 Å². The molecule has 1 N–H and O–H groups in total. The Labute approximate surface area is 185 Å². The lowest BCUT2D eigenvalue weighted by Gasteiger charge is -2.25. The van der Waals surface area contributed by atoms with E-state index >= 15 is 0 Å². The molecule has 1 aromatic heterocycles. The summed E-state index contributed by atoms with van der Waals surface area (Å²) in [5.74, 6) is 0.816. The zero-order valence-electron chi connectivity index (χ0n) is 18.5. The molecule has 0 spiro atoms. The molecule has 2 saturated heterocycles. The third-order valence-electron chi connectivity index (χ3n) is 7.05. The summed E-state index contributed by atoms with van der Waals surface area (Å²) < 4.78 is 14.3. The minimum atomic E-state index is 0.0560. The first-order chi connectivity index (χ1) is 15.3. The van der Waals surface area contributed by atoms with Crippen LogP contribution in [0.5, 0.6) is 0 Å². The summed E-state index contributed by atoms with van der Waals surface area (Å²) in [6.45, 7) is 4.11. The second kappa shape index (κ2) is 9.77. The van der Waals surface area contributed by atoms with E-state index in [0.717, 1.165) is 37.9 Å². The van der Waals surface area contributed by atoms with Gasteiger partial charge in [0, 0.05) is 13.1 Å². The van der Waals surface area contributed by atoms with Gasteiger partial charge in [-0.3, -0.25) is 4.90 Å². The monoisotopic (exact) mass is 425 g/mol. The molecule has 3 heterocycles. The van der Waals surface area contributed by atoms with Crippen molar-refractivity contribution in [2.75, 3.05) is 26.8 Å². The fourth-order valence-electron chi connectivity index (χ4n) is 5.37. The Morgan fingerprint density at radius 1 is 1.03 bits per heavy atom. The van der Waals surface area contributed by atoms with Crippen LogP contribution in [-0.2, 0) is 22.6 Å². The Hall–Kier alpha value is -1.80. The molecular weight excluding hydrogens is 390 g/mol. The predicted octanol–water partition coefficient (Wildman–Crippen LogP) is 2.79. The predicted molar refractivity (Wildman–Crippen MR) is 119 cm³/mol. The van der Waals surface area contributed by atoms with Gasteiger partial charge in [0.25, 0.3) is 0 Å². The molecule has 2 aromatic rings. The Morgan fingerprint density at radius 2 is 1.84 bits per heavy atom. The summed E-state index contributed by atoms with van der Waals surface area (Å²) in [5.41, 5.74) is 2.28. The van der Waals surface area contributed by atoms with Crippen LogP contribution in [0.3, 0.4) is 0 Å². The molecule has 1 aromatic carbocycles. The maximum Gasteiger partial charge on any atom is 0.110 e. The number of aromatic nitrogens is 3. The van der Waals surface area contributed by atoms with E-state index in [1.807, 2.05) is 10.7 Å². The van der Waals surface area contributed by atoms with Gasteiger partial charge in [-0.2, -0.15) is 0 Å². The zero-order chi connectivity index (χ0) is 21.0. The first-order valence-electron chi connectivity index (χ1n) is 11.9. The lowest BCUT2D eigenvalue weighted by atomic mass is 9.89. The molecule has 0 radical (unpaired) electrons. The van der Waals surface area contributed by atoms with Crippen molar-refractivity contribution >= 4 is 0 Å². The van der Waals surface area contributed by atoms with Crippen LogP contribution in [0.25, 0.3) is 0 Å². The summed E-state index contributed by atoms with van der Waals surface area (Å²) in [5, 5.41) is 12.6. The first-order valence-corrected chi connectivity index (χ1v) is 11.9. The molecular formula is C24H35N5O2. The minimum absolute atomic E-state index is 0.0560. The minimum Gasteiger partial charge on any atom is -0.371 e. The second-order valence-electron chi connectivity index (χ2n) is 9.53. The molecule has 7 nitrogen and oxygen atoms in total. The summed E-state index contributed by atoms with van der Waals surface area (Å²) in [7, 11) is 2.11. The number of ether oxygens (including phenoxy) is 2. The van der Waals surface area contributed by atoms with Crippen LogP contribution in [0, 0.1) is 5.92 Å². The second-order valence-corrected chi connectivity index (χ2v) is 9.53. The van der Waals surface area contributed by atoms with E-state index in [9.17, 15) is 0 Å². The van der Waals surface area contributed by atoms with Crippen LogP contribution in [0.2, 0.25) is 0 Å². The Balaban J connectivity index is 1.13. The molecule has 3 aliphatic rings. The Morgan fingerprint density at radius 3 is 2.68 bits per heavy atom. The third-order valence-corrected chi connectivity index (χ3v) is 7.05. The van der Waals surface area contributed by atoms with E-state index in [4.69, 9.17) is 9.47 Å². The largest absolute Gasteiger partial charge is 0.371 e.